The highest BCUT2D eigenvalue weighted by Crippen LogP contribution is 2.21. The third kappa shape index (κ3) is 2.71. The van der Waals surface area contributed by atoms with Gasteiger partial charge in [-0.25, -0.2) is 9.99 Å². The van der Waals surface area contributed by atoms with Crippen molar-refractivity contribution in [2.24, 2.45) is 0 Å². The van der Waals surface area contributed by atoms with E-state index in [9.17, 15) is 24.0 Å². The number of nitrogens with zero attached hydrogens (tertiary/aromatic N) is 3. The third-order valence-corrected chi connectivity index (χ3v) is 3.25. The van der Waals surface area contributed by atoms with E-state index in [4.69, 9.17) is 11.6 Å². The summed E-state index contributed by atoms with van der Waals surface area (Å²) < 4.78 is 0. The van der Waals surface area contributed by atoms with E-state index in [1.807, 2.05) is 0 Å². The molecule has 0 aliphatic carbocycles. The Hall–Kier alpha value is -3.01. The first kappa shape index (κ1) is 14.9. The molecule has 0 unspecified atom stereocenters. The monoisotopic (exact) mass is 337 g/mol. The van der Waals surface area contributed by atoms with Crippen LogP contribution in [-0.2, 0) is 19.2 Å². The van der Waals surface area contributed by atoms with Crippen molar-refractivity contribution in [3.63, 3.8) is 0 Å². The summed E-state index contributed by atoms with van der Waals surface area (Å²) in [4.78, 5) is 61.8. The van der Waals surface area contributed by atoms with Crippen molar-refractivity contribution >= 4 is 47.0 Å². The van der Waals surface area contributed by atoms with Gasteiger partial charge < -0.3 is 0 Å². The number of aromatic nitrogens is 1. The zero-order chi connectivity index (χ0) is 16.7. The van der Waals surface area contributed by atoms with Gasteiger partial charge in [0.25, 0.3) is 17.7 Å². The molecule has 0 saturated carbocycles. The Morgan fingerprint density at radius 2 is 1.70 bits per heavy atom. The first-order valence-corrected chi connectivity index (χ1v) is 6.70. The number of nitrogens with one attached hydrogen (secondary N) is 2. The summed E-state index contributed by atoms with van der Waals surface area (Å²) in [6.07, 6.45) is -0.782. The van der Waals surface area contributed by atoms with Crippen molar-refractivity contribution in [2.45, 2.75) is 12.8 Å². The Balaban J connectivity index is 1.93. The van der Waals surface area contributed by atoms with Crippen LogP contribution in [0.2, 0.25) is 5.15 Å². The van der Waals surface area contributed by atoms with E-state index >= 15 is 0 Å². The average molecular weight is 338 g/mol. The van der Waals surface area contributed by atoms with Gasteiger partial charge >= 0.3 is 0 Å². The Bertz CT molecular complexity index is 779. The summed E-state index contributed by atoms with van der Waals surface area (Å²) in [5.74, 6) is -3.30. The molecule has 0 atom stereocenters. The van der Waals surface area contributed by atoms with Gasteiger partial charge in [-0.15, -0.1) is 0 Å². The molecule has 1 aromatic rings. The smallest absolute Gasteiger partial charge is 0.273 e. The van der Waals surface area contributed by atoms with E-state index in [1.165, 1.54) is 12.1 Å². The quantitative estimate of drug-likeness (QED) is 0.400. The summed E-state index contributed by atoms with van der Waals surface area (Å²) in [7, 11) is 0. The minimum atomic E-state index is -0.829. The maximum Gasteiger partial charge on any atom is 0.279 e. The summed E-state index contributed by atoms with van der Waals surface area (Å²) in [6.45, 7) is 0. The Morgan fingerprint density at radius 1 is 1.04 bits per heavy atom. The number of hydrogen-bond donors (Lipinski definition) is 2. The third-order valence-electron chi connectivity index (χ3n) is 3.06. The van der Waals surface area contributed by atoms with Crippen LogP contribution in [0.25, 0.3) is 0 Å². The van der Waals surface area contributed by atoms with Gasteiger partial charge in [0.15, 0.2) is 5.82 Å². The lowest BCUT2D eigenvalue weighted by Crippen LogP contribution is -2.41. The molecule has 0 aromatic carbocycles. The molecular weight excluding hydrogens is 330 g/mol. The van der Waals surface area contributed by atoms with Crippen molar-refractivity contribution < 1.29 is 24.0 Å². The molecule has 5 amide bonds. The van der Waals surface area contributed by atoms with E-state index in [-0.39, 0.29) is 23.0 Å². The van der Waals surface area contributed by atoms with Crippen molar-refractivity contribution in [2.75, 3.05) is 5.01 Å². The molecule has 0 bridgehead atoms. The van der Waals surface area contributed by atoms with Gasteiger partial charge in [0.1, 0.15) is 18.0 Å². The highest BCUT2D eigenvalue weighted by atomic mass is 35.5. The summed E-state index contributed by atoms with van der Waals surface area (Å²) in [5, 5.41) is 1.29. The van der Waals surface area contributed by atoms with Crippen LogP contribution in [0.3, 0.4) is 0 Å². The Labute approximate surface area is 133 Å². The maximum atomic E-state index is 12.3. The summed E-state index contributed by atoms with van der Waals surface area (Å²) in [6, 6.07) is 2.35. The van der Waals surface area contributed by atoms with E-state index in [1.54, 1.807) is 0 Å². The van der Waals surface area contributed by atoms with Crippen LogP contribution in [0.4, 0.5) is 5.82 Å². The molecule has 2 aliphatic rings. The van der Waals surface area contributed by atoms with Gasteiger partial charge in [-0.2, -0.15) is 5.01 Å². The highest BCUT2D eigenvalue weighted by molar-refractivity contribution is 6.30. The van der Waals surface area contributed by atoms with Crippen LogP contribution in [0, 0.1) is 0 Å². The van der Waals surface area contributed by atoms with Crippen molar-refractivity contribution in [3.05, 3.63) is 22.8 Å². The van der Waals surface area contributed by atoms with Crippen LogP contribution in [0.1, 0.15) is 23.2 Å². The van der Waals surface area contributed by atoms with Crippen LogP contribution < -0.4 is 15.9 Å². The second-order valence-corrected chi connectivity index (χ2v) is 5.11. The Morgan fingerprint density at radius 3 is 2.26 bits per heavy atom. The molecule has 3 heterocycles. The van der Waals surface area contributed by atoms with Gasteiger partial charge in [0.05, 0.1) is 0 Å². The van der Waals surface area contributed by atoms with Gasteiger partial charge in [-0.05, 0) is 12.1 Å². The number of pyridine rings is 1. The minimum Gasteiger partial charge on any atom is -0.273 e. The lowest BCUT2D eigenvalue weighted by atomic mass is 10.2. The van der Waals surface area contributed by atoms with E-state index < -0.39 is 36.0 Å². The van der Waals surface area contributed by atoms with Crippen molar-refractivity contribution in [1.82, 2.24) is 20.8 Å². The molecule has 2 aliphatic heterocycles. The topological polar surface area (TPSA) is 129 Å². The SMILES string of the molecule is O=C1CC(=O)N(C(=O)c2cc(Cl)nc(N3NC(=O)CC3=O)c2)N1. The zero-order valence-electron chi connectivity index (χ0n) is 11.3. The predicted molar refractivity (Wildman–Crippen MR) is 73.4 cm³/mol. The van der Waals surface area contributed by atoms with Gasteiger partial charge in [-0.1, -0.05) is 11.6 Å². The number of carbonyl (C=O) groups is 5. The number of halogens is 1. The highest BCUT2D eigenvalue weighted by Gasteiger charge is 2.34. The lowest BCUT2D eigenvalue weighted by Gasteiger charge is -2.17. The number of hydrazine groups is 2. The van der Waals surface area contributed by atoms with E-state index in [0.29, 0.717) is 5.01 Å². The second kappa shape index (κ2) is 5.32. The summed E-state index contributed by atoms with van der Waals surface area (Å²) in [5.41, 5.74) is 4.29. The molecule has 0 radical (unpaired) electrons. The number of imide groups is 1. The van der Waals surface area contributed by atoms with Crippen molar-refractivity contribution in [1.29, 1.82) is 0 Å². The molecule has 0 spiro atoms. The zero-order valence-corrected chi connectivity index (χ0v) is 12.1. The van der Waals surface area contributed by atoms with E-state index in [2.05, 4.69) is 15.8 Å². The number of hydrogen-bond acceptors (Lipinski definition) is 6. The normalized spacial score (nSPS) is 17.6. The molecule has 3 rings (SSSR count). The van der Waals surface area contributed by atoms with Crippen LogP contribution >= 0.6 is 11.6 Å². The number of rotatable bonds is 2. The fourth-order valence-corrected chi connectivity index (χ4v) is 2.29. The second-order valence-electron chi connectivity index (χ2n) is 4.72. The van der Waals surface area contributed by atoms with Gasteiger partial charge in [0.2, 0.25) is 11.8 Å². The summed E-state index contributed by atoms with van der Waals surface area (Å²) >= 11 is 5.82. The molecule has 10 nitrogen and oxygen atoms in total. The van der Waals surface area contributed by atoms with Gasteiger partial charge in [-0.3, -0.25) is 34.8 Å². The fourth-order valence-electron chi connectivity index (χ4n) is 2.09. The Kier molecular flexibility index (Phi) is 3.45. The van der Waals surface area contributed by atoms with Crippen molar-refractivity contribution in [3.8, 4) is 0 Å². The number of anilines is 1. The van der Waals surface area contributed by atoms with E-state index in [0.717, 1.165) is 5.01 Å². The molecule has 2 fully saturated rings. The largest absolute Gasteiger partial charge is 0.279 e. The molecule has 118 valence electrons. The maximum absolute atomic E-state index is 12.3. The standard InChI is InChI=1S/C12H8ClN5O5/c13-6-1-5(12(23)18-11(22)4-9(20)16-18)2-7(14-6)17-10(21)3-8(19)15-17/h1-2H,3-4H2,(H,15,19)(H,16,20). The lowest BCUT2D eigenvalue weighted by molar-refractivity contribution is -0.127. The first-order chi connectivity index (χ1) is 10.8. The minimum absolute atomic E-state index is 0.0744. The average Bonchev–Trinajstić information content (AvgIpc) is 2.98. The first-order valence-electron chi connectivity index (χ1n) is 6.32. The molecule has 2 saturated heterocycles. The fraction of sp³-hybridized carbons (Fsp3) is 0.167. The number of carbonyl (C=O) groups excluding carboxylic acids is 5. The molecule has 1 aromatic heterocycles. The molecule has 23 heavy (non-hydrogen) atoms. The predicted octanol–water partition coefficient (Wildman–Crippen LogP) is -1.09. The van der Waals surface area contributed by atoms with Crippen LogP contribution in [0.5, 0.6) is 0 Å². The van der Waals surface area contributed by atoms with Crippen LogP contribution in [-0.4, -0.2) is 39.5 Å². The molecule has 2 N–H and O–H groups in total. The molecule has 11 heteroatoms. The molecular formula is C12H8ClN5O5. The number of amides is 5. The van der Waals surface area contributed by atoms with Gasteiger partial charge in [0, 0.05) is 5.56 Å². The van der Waals surface area contributed by atoms with Crippen LogP contribution in [0.15, 0.2) is 12.1 Å².